The highest BCUT2D eigenvalue weighted by Gasteiger charge is 2.22. The zero-order valence-electron chi connectivity index (χ0n) is 7.38. The van der Waals surface area contributed by atoms with E-state index in [-0.39, 0.29) is 22.7 Å². The standard InChI is InChI=1S/C7H7ClN2O4S/c8-15(13,14)7-3-1-2-6(10(11)12)5(7)4-9/h1-3H,4,9H2. The van der Waals surface area contributed by atoms with E-state index in [0.29, 0.717) is 0 Å². The van der Waals surface area contributed by atoms with Gasteiger partial charge in [0.25, 0.3) is 14.7 Å². The summed E-state index contributed by atoms with van der Waals surface area (Å²) in [7, 11) is 1.10. The Morgan fingerprint density at radius 3 is 2.47 bits per heavy atom. The Kier molecular flexibility index (Phi) is 3.28. The summed E-state index contributed by atoms with van der Waals surface area (Å²) in [4.78, 5) is 9.55. The number of hydrogen-bond donors (Lipinski definition) is 1. The Morgan fingerprint density at radius 1 is 1.47 bits per heavy atom. The molecule has 2 N–H and O–H groups in total. The van der Waals surface area contributed by atoms with E-state index in [0.717, 1.165) is 0 Å². The molecule has 0 saturated carbocycles. The van der Waals surface area contributed by atoms with Crippen LogP contribution in [-0.2, 0) is 15.6 Å². The van der Waals surface area contributed by atoms with Crippen molar-refractivity contribution in [2.75, 3.05) is 0 Å². The normalized spacial score (nSPS) is 11.3. The third-order valence-electron chi connectivity index (χ3n) is 1.77. The number of nitro groups is 1. The number of benzene rings is 1. The van der Waals surface area contributed by atoms with Crippen molar-refractivity contribution in [2.45, 2.75) is 11.4 Å². The minimum atomic E-state index is -4.01. The highest BCUT2D eigenvalue weighted by molar-refractivity contribution is 8.13. The van der Waals surface area contributed by atoms with Gasteiger partial charge in [-0.05, 0) is 6.07 Å². The van der Waals surface area contributed by atoms with Crippen LogP contribution in [0.4, 0.5) is 5.69 Å². The summed E-state index contributed by atoms with van der Waals surface area (Å²) in [6.45, 7) is -0.265. The molecule has 0 heterocycles. The minimum Gasteiger partial charge on any atom is -0.326 e. The van der Waals surface area contributed by atoms with Crippen LogP contribution in [0.1, 0.15) is 5.56 Å². The molecule has 0 unspecified atom stereocenters. The lowest BCUT2D eigenvalue weighted by Crippen LogP contribution is -2.07. The van der Waals surface area contributed by atoms with Crippen LogP contribution in [0.25, 0.3) is 0 Å². The van der Waals surface area contributed by atoms with Crippen LogP contribution in [-0.4, -0.2) is 13.3 Å². The molecule has 1 rings (SSSR count). The molecule has 15 heavy (non-hydrogen) atoms. The molecular weight excluding hydrogens is 244 g/mol. The van der Waals surface area contributed by atoms with Crippen LogP contribution in [0.15, 0.2) is 23.1 Å². The molecule has 0 radical (unpaired) electrons. The van der Waals surface area contributed by atoms with Gasteiger partial charge in [-0.1, -0.05) is 6.07 Å². The molecule has 6 nitrogen and oxygen atoms in total. The molecule has 0 aliphatic heterocycles. The van der Waals surface area contributed by atoms with Crippen molar-refractivity contribution in [3.63, 3.8) is 0 Å². The van der Waals surface area contributed by atoms with Gasteiger partial charge in [-0.3, -0.25) is 10.1 Å². The molecule has 0 fully saturated rings. The summed E-state index contributed by atoms with van der Waals surface area (Å²) >= 11 is 0. The molecule has 1 aromatic carbocycles. The molecule has 0 aliphatic carbocycles. The lowest BCUT2D eigenvalue weighted by Gasteiger charge is -2.04. The summed E-state index contributed by atoms with van der Waals surface area (Å²) < 4.78 is 22.1. The second-order valence-corrected chi connectivity index (χ2v) is 5.19. The second kappa shape index (κ2) is 4.13. The van der Waals surface area contributed by atoms with Gasteiger partial charge in [0.15, 0.2) is 0 Å². The molecule has 0 aromatic heterocycles. The third kappa shape index (κ3) is 2.44. The summed E-state index contributed by atoms with van der Waals surface area (Å²) in [5, 5.41) is 10.6. The quantitative estimate of drug-likeness (QED) is 0.489. The Hall–Kier alpha value is -1.18. The van der Waals surface area contributed by atoms with Crippen molar-refractivity contribution >= 4 is 25.4 Å². The molecule has 0 atom stereocenters. The fourth-order valence-electron chi connectivity index (χ4n) is 1.16. The predicted molar refractivity (Wildman–Crippen MR) is 54.0 cm³/mol. The molecule has 0 aliphatic rings. The Bertz CT molecular complexity index is 500. The molecule has 0 amide bonds. The largest absolute Gasteiger partial charge is 0.326 e. The second-order valence-electron chi connectivity index (χ2n) is 2.65. The highest BCUT2D eigenvalue weighted by Crippen LogP contribution is 2.27. The van der Waals surface area contributed by atoms with Crippen molar-refractivity contribution in [3.8, 4) is 0 Å². The number of rotatable bonds is 3. The maximum Gasteiger partial charge on any atom is 0.275 e. The van der Waals surface area contributed by atoms with Crippen LogP contribution in [0, 0.1) is 10.1 Å². The first-order valence-electron chi connectivity index (χ1n) is 3.79. The lowest BCUT2D eigenvalue weighted by molar-refractivity contribution is -0.385. The van der Waals surface area contributed by atoms with Crippen molar-refractivity contribution in [2.24, 2.45) is 5.73 Å². The van der Waals surface area contributed by atoms with E-state index in [2.05, 4.69) is 0 Å². The zero-order valence-corrected chi connectivity index (χ0v) is 8.96. The fourth-order valence-corrected chi connectivity index (χ4v) is 2.32. The van der Waals surface area contributed by atoms with Crippen LogP contribution < -0.4 is 5.73 Å². The summed E-state index contributed by atoms with van der Waals surface area (Å²) in [6, 6.07) is 3.60. The molecule has 82 valence electrons. The number of hydrogen-bond acceptors (Lipinski definition) is 5. The zero-order chi connectivity index (χ0) is 11.6. The smallest absolute Gasteiger partial charge is 0.275 e. The average molecular weight is 251 g/mol. The SMILES string of the molecule is NCc1c([N+](=O)[O-])cccc1S(=O)(=O)Cl. The van der Waals surface area contributed by atoms with Crippen molar-refractivity contribution in [3.05, 3.63) is 33.9 Å². The van der Waals surface area contributed by atoms with Crippen LogP contribution >= 0.6 is 10.7 Å². The Morgan fingerprint density at radius 2 is 2.07 bits per heavy atom. The number of nitro benzene ring substituents is 1. The van der Waals surface area contributed by atoms with Crippen molar-refractivity contribution < 1.29 is 13.3 Å². The predicted octanol–water partition coefficient (Wildman–Crippen LogP) is 0.981. The van der Waals surface area contributed by atoms with E-state index in [4.69, 9.17) is 16.4 Å². The van der Waals surface area contributed by atoms with Crippen LogP contribution in [0.5, 0.6) is 0 Å². The summed E-state index contributed by atoms with van der Waals surface area (Å²) in [5.74, 6) is 0. The van der Waals surface area contributed by atoms with E-state index in [1.54, 1.807) is 0 Å². The molecule has 1 aromatic rings. The molecule has 0 spiro atoms. The van der Waals surface area contributed by atoms with Gasteiger partial charge < -0.3 is 5.73 Å². The summed E-state index contributed by atoms with van der Waals surface area (Å²) in [6.07, 6.45) is 0. The number of halogens is 1. The van der Waals surface area contributed by atoms with E-state index >= 15 is 0 Å². The van der Waals surface area contributed by atoms with Gasteiger partial charge in [0, 0.05) is 23.3 Å². The molecular formula is C7H7ClN2O4S. The molecule has 0 bridgehead atoms. The molecule has 0 saturated heterocycles. The highest BCUT2D eigenvalue weighted by atomic mass is 35.7. The van der Waals surface area contributed by atoms with Crippen molar-refractivity contribution in [1.29, 1.82) is 0 Å². The molecule has 8 heteroatoms. The van der Waals surface area contributed by atoms with Gasteiger partial charge in [0.1, 0.15) is 0 Å². The number of nitrogens with two attached hydrogens (primary N) is 1. The average Bonchev–Trinajstić information content (AvgIpc) is 2.15. The monoisotopic (exact) mass is 250 g/mol. The number of nitrogens with zero attached hydrogens (tertiary/aromatic N) is 1. The van der Waals surface area contributed by atoms with E-state index in [1.807, 2.05) is 0 Å². The topological polar surface area (TPSA) is 103 Å². The van der Waals surface area contributed by atoms with Crippen molar-refractivity contribution in [1.82, 2.24) is 0 Å². The van der Waals surface area contributed by atoms with Gasteiger partial charge in [0.2, 0.25) is 0 Å². The van der Waals surface area contributed by atoms with E-state index in [1.165, 1.54) is 18.2 Å². The summed E-state index contributed by atoms with van der Waals surface area (Å²) in [5.41, 5.74) is 4.82. The lowest BCUT2D eigenvalue weighted by atomic mass is 10.2. The maximum absolute atomic E-state index is 11.1. The van der Waals surface area contributed by atoms with Gasteiger partial charge in [-0.25, -0.2) is 8.42 Å². The van der Waals surface area contributed by atoms with Gasteiger partial charge in [-0.15, -0.1) is 0 Å². The van der Waals surface area contributed by atoms with Crippen LogP contribution in [0.2, 0.25) is 0 Å². The van der Waals surface area contributed by atoms with Gasteiger partial charge >= 0.3 is 0 Å². The van der Waals surface area contributed by atoms with Gasteiger partial charge in [0.05, 0.1) is 15.4 Å². The first-order valence-corrected chi connectivity index (χ1v) is 6.10. The Labute approximate surface area is 90.2 Å². The van der Waals surface area contributed by atoms with E-state index < -0.39 is 14.0 Å². The van der Waals surface area contributed by atoms with Gasteiger partial charge in [-0.2, -0.15) is 0 Å². The van der Waals surface area contributed by atoms with E-state index in [9.17, 15) is 18.5 Å². The third-order valence-corrected chi connectivity index (χ3v) is 3.18. The Balaban J connectivity index is 3.56. The fraction of sp³-hybridized carbons (Fsp3) is 0.143. The van der Waals surface area contributed by atoms with Crippen LogP contribution in [0.3, 0.4) is 0 Å². The first-order chi connectivity index (χ1) is 6.88. The maximum atomic E-state index is 11.1. The minimum absolute atomic E-state index is 0.0856. The first kappa shape index (κ1) is 11.9.